The number of carbonyl (C=O) groups is 2. The van der Waals surface area contributed by atoms with Crippen LogP contribution in [0.3, 0.4) is 0 Å². The lowest BCUT2D eigenvalue weighted by molar-refractivity contribution is -0.143. The van der Waals surface area contributed by atoms with Gasteiger partial charge in [-0.25, -0.2) is 28.1 Å². The van der Waals surface area contributed by atoms with E-state index in [9.17, 15) is 24.0 Å². The lowest BCUT2D eigenvalue weighted by atomic mass is 10.5. The molecule has 0 aromatic carbocycles. The second-order valence-corrected chi connectivity index (χ2v) is 4.52. The predicted molar refractivity (Wildman–Crippen MR) is 82.5 cm³/mol. The lowest BCUT2D eigenvalue weighted by Crippen LogP contribution is -2.55. The molecule has 0 bridgehead atoms. The lowest BCUT2D eigenvalue weighted by Gasteiger charge is -2.11. The minimum atomic E-state index is -1.12. The highest BCUT2D eigenvalue weighted by atomic mass is 16.5. The number of aromatic nitrogens is 3. The van der Waals surface area contributed by atoms with Crippen molar-refractivity contribution in [1.82, 2.24) is 13.7 Å². The fourth-order valence-electron chi connectivity index (χ4n) is 1.68. The summed E-state index contributed by atoms with van der Waals surface area (Å²) in [5.74, 6) is -1.73. The van der Waals surface area contributed by atoms with Gasteiger partial charge in [-0.05, 0) is 0 Å². The van der Waals surface area contributed by atoms with Gasteiger partial charge in [0.1, 0.15) is 26.3 Å². The van der Waals surface area contributed by atoms with Gasteiger partial charge < -0.3 is 9.47 Å². The first-order valence-electron chi connectivity index (χ1n) is 6.77. The van der Waals surface area contributed by atoms with Crippen LogP contribution in [0.1, 0.15) is 0 Å². The van der Waals surface area contributed by atoms with Crippen molar-refractivity contribution in [3.05, 3.63) is 56.8 Å². The van der Waals surface area contributed by atoms with E-state index in [-0.39, 0.29) is 13.2 Å². The molecular weight excluding hydrogens is 322 g/mol. The molecule has 0 N–H and O–H groups in total. The van der Waals surface area contributed by atoms with E-state index in [0.29, 0.717) is 13.7 Å². The molecule has 0 aliphatic carbocycles. The van der Waals surface area contributed by atoms with Gasteiger partial charge in [-0.15, -0.1) is 0 Å². The maximum absolute atomic E-state index is 12.2. The Hall–Kier alpha value is -3.17. The molecule has 0 spiro atoms. The normalized spacial score (nSPS) is 10.0. The molecule has 1 heterocycles. The van der Waals surface area contributed by atoms with Crippen LogP contribution in [0.15, 0.2) is 39.7 Å². The first-order valence-corrected chi connectivity index (χ1v) is 6.77. The first kappa shape index (κ1) is 18.9. The molecule has 1 aromatic heterocycles. The molecule has 0 aliphatic heterocycles. The third-order valence-corrected chi connectivity index (χ3v) is 2.80. The van der Waals surface area contributed by atoms with Crippen molar-refractivity contribution in [3.63, 3.8) is 0 Å². The van der Waals surface area contributed by atoms with Crippen molar-refractivity contribution in [2.24, 2.45) is 7.05 Å². The summed E-state index contributed by atoms with van der Waals surface area (Å²) in [6.07, 6.45) is 2.63. The van der Waals surface area contributed by atoms with E-state index in [4.69, 9.17) is 9.47 Å². The van der Waals surface area contributed by atoms with E-state index in [0.717, 1.165) is 7.05 Å². The van der Waals surface area contributed by atoms with Crippen LogP contribution in [0.25, 0.3) is 0 Å². The van der Waals surface area contributed by atoms with Crippen LogP contribution in [0.2, 0.25) is 0 Å². The van der Waals surface area contributed by atoms with Crippen molar-refractivity contribution in [2.75, 3.05) is 13.2 Å². The summed E-state index contributed by atoms with van der Waals surface area (Å²) in [5, 5.41) is 0. The molecule has 24 heavy (non-hydrogen) atoms. The summed E-state index contributed by atoms with van der Waals surface area (Å²) in [7, 11) is 1.11. The van der Waals surface area contributed by atoms with Gasteiger partial charge in [-0.3, -0.25) is 9.59 Å². The van der Waals surface area contributed by atoms with Crippen LogP contribution in [0, 0.1) is 0 Å². The van der Waals surface area contributed by atoms with Crippen LogP contribution in [0.4, 0.5) is 0 Å². The van der Waals surface area contributed by atoms with Crippen molar-refractivity contribution >= 4 is 11.9 Å². The summed E-state index contributed by atoms with van der Waals surface area (Å²) in [4.78, 5) is 59.4. The fourth-order valence-corrected chi connectivity index (χ4v) is 1.68. The molecule has 0 unspecified atom stereocenters. The molecule has 0 amide bonds. The number of nitrogens with zero attached hydrogens (tertiary/aromatic N) is 3. The Morgan fingerprint density at radius 2 is 1.25 bits per heavy atom. The Labute approximate surface area is 135 Å². The zero-order chi connectivity index (χ0) is 18.3. The summed E-state index contributed by atoms with van der Waals surface area (Å²) < 4.78 is 11.0. The summed E-state index contributed by atoms with van der Waals surface area (Å²) in [6.45, 7) is 5.11. The van der Waals surface area contributed by atoms with E-state index >= 15 is 0 Å². The van der Waals surface area contributed by atoms with Gasteiger partial charge in [0.05, 0.1) is 0 Å². The minimum Gasteiger partial charge on any atom is -0.460 e. The minimum absolute atomic E-state index is 0.0958. The first-order chi connectivity index (χ1) is 11.3. The maximum atomic E-state index is 12.2. The molecule has 1 rings (SSSR count). The van der Waals surface area contributed by atoms with Gasteiger partial charge in [-0.2, -0.15) is 0 Å². The molecule has 0 atom stereocenters. The van der Waals surface area contributed by atoms with Crippen LogP contribution in [-0.4, -0.2) is 38.9 Å². The van der Waals surface area contributed by atoms with Gasteiger partial charge in [0.2, 0.25) is 0 Å². The smallest absolute Gasteiger partial charge is 0.337 e. The van der Waals surface area contributed by atoms with Gasteiger partial charge in [-0.1, -0.05) is 25.3 Å². The van der Waals surface area contributed by atoms with Crippen molar-refractivity contribution in [2.45, 2.75) is 13.1 Å². The topological polar surface area (TPSA) is 119 Å². The predicted octanol–water partition coefficient (Wildman–Crippen LogP) is -1.83. The zero-order valence-electron chi connectivity index (χ0n) is 13.1. The number of ether oxygens (including phenoxy) is 2. The standard InChI is InChI=1S/C14H17N3O7/c1-4-6-23-10(18)8-16-12(20)15(3)13(21)17(14(16)22)9-11(19)24-7-5-2/h4-5H,1-2,6-9H2,3H3. The Morgan fingerprint density at radius 3 is 1.58 bits per heavy atom. The molecule has 0 fully saturated rings. The maximum Gasteiger partial charge on any atom is 0.337 e. The largest absolute Gasteiger partial charge is 0.460 e. The Bertz CT molecular complexity index is 764. The number of carbonyl (C=O) groups excluding carboxylic acids is 2. The Balaban J connectivity index is 3.24. The monoisotopic (exact) mass is 339 g/mol. The molecule has 0 saturated carbocycles. The number of rotatable bonds is 8. The average molecular weight is 339 g/mol. The second kappa shape index (κ2) is 8.46. The quantitative estimate of drug-likeness (QED) is 0.403. The van der Waals surface area contributed by atoms with Crippen molar-refractivity contribution < 1.29 is 19.1 Å². The van der Waals surface area contributed by atoms with Gasteiger partial charge >= 0.3 is 29.0 Å². The summed E-state index contributed by atoms with van der Waals surface area (Å²) >= 11 is 0. The Morgan fingerprint density at radius 1 is 0.875 bits per heavy atom. The van der Waals surface area contributed by atoms with Crippen LogP contribution in [0.5, 0.6) is 0 Å². The van der Waals surface area contributed by atoms with E-state index in [1.54, 1.807) is 0 Å². The van der Waals surface area contributed by atoms with Gasteiger partial charge in [0, 0.05) is 7.05 Å². The average Bonchev–Trinajstić information content (AvgIpc) is 2.57. The van der Waals surface area contributed by atoms with Crippen LogP contribution >= 0.6 is 0 Å². The molecule has 130 valence electrons. The van der Waals surface area contributed by atoms with Gasteiger partial charge in [0.25, 0.3) is 0 Å². The third-order valence-electron chi connectivity index (χ3n) is 2.80. The van der Waals surface area contributed by atoms with E-state index in [1.165, 1.54) is 12.2 Å². The highest BCUT2D eigenvalue weighted by Crippen LogP contribution is 1.85. The van der Waals surface area contributed by atoms with Crippen molar-refractivity contribution in [1.29, 1.82) is 0 Å². The molecule has 0 aliphatic rings. The molecule has 0 radical (unpaired) electrons. The van der Waals surface area contributed by atoms with Gasteiger partial charge in [0.15, 0.2) is 0 Å². The summed E-state index contributed by atoms with van der Waals surface area (Å²) in [6, 6.07) is 0. The molecule has 10 heteroatoms. The number of hydrogen-bond donors (Lipinski definition) is 0. The highest BCUT2D eigenvalue weighted by Gasteiger charge is 2.18. The molecule has 0 saturated heterocycles. The van der Waals surface area contributed by atoms with E-state index in [2.05, 4.69) is 13.2 Å². The molecule has 10 nitrogen and oxygen atoms in total. The number of hydrogen-bond acceptors (Lipinski definition) is 7. The fraction of sp³-hybridized carbons (Fsp3) is 0.357. The Kier molecular flexibility index (Phi) is 6.65. The highest BCUT2D eigenvalue weighted by molar-refractivity contribution is 5.69. The van der Waals surface area contributed by atoms with Crippen molar-refractivity contribution in [3.8, 4) is 0 Å². The number of esters is 2. The summed E-state index contributed by atoms with van der Waals surface area (Å²) in [5.41, 5.74) is -3.12. The zero-order valence-corrected chi connectivity index (χ0v) is 13.1. The van der Waals surface area contributed by atoms with E-state index < -0.39 is 42.1 Å². The molecule has 1 aromatic rings. The van der Waals surface area contributed by atoms with Crippen LogP contribution in [-0.2, 0) is 39.2 Å². The van der Waals surface area contributed by atoms with Crippen LogP contribution < -0.4 is 17.1 Å². The third kappa shape index (κ3) is 4.41. The second-order valence-electron chi connectivity index (χ2n) is 4.52. The SMILES string of the molecule is C=CCOC(=O)Cn1c(=O)n(C)c(=O)n(CC(=O)OCC=C)c1=O. The molecular formula is C14H17N3O7. The van der Waals surface area contributed by atoms with E-state index in [1.807, 2.05) is 0 Å².